The normalized spacial score (nSPS) is 29.4. The Hall–Kier alpha value is -2.38. The lowest BCUT2D eigenvalue weighted by molar-refractivity contribution is -0.137. The highest BCUT2D eigenvalue weighted by molar-refractivity contribution is 6.07. The minimum absolute atomic E-state index is 0.0464. The number of hydrogen-bond donors (Lipinski definition) is 1. The molecule has 1 spiro atoms. The van der Waals surface area contributed by atoms with Crippen LogP contribution >= 0.6 is 0 Å². The van der Waals surface area contributed by atoms with E-state index in [-0.39, 0.29) is 24.3 Å². The van der Waals surface area contributed by atoms with Gasteiger partial charge in [-0.05, 0) is 24.7 Å². The van der Waals surface area contributed by atoms with Crippen molar-refractivity contribution in [3.8, 4) is 0 Å². The lowest BCUT2D eigenvalue weighted by atomic mass is 9.67. The van der Waals surface area contributed by atoms with Crippen molar-refractivity contribution >= 4 is 11.9 Å². The third-order valence-electron chi connectivity index (χ3n) is 5.93. The summed E-state index contributed by atoms with van der Waals surface area (Å²) >= 11 is 0. The zero-order valence-electron chi connectivity index (χ0n) is 15.0. The highest BCUT2D eigenvalue weighted by Crippen LogP contribution is 2.42. The third kappa shape index (κ3) is 2.42. The second kappa shape index (κ2) is 5.86. The minimum Gasteiger partial charge on any atom is -0.323 e. The molecule has 1 saturated heterocycles. The summed E-state index contributed by atoms with van der Waals surface area (Å²) in [6.45, 7) is 3.89. The van der Waals surface area contributed by atoms with Gasteiger partial charge in [0.25, 0.3) is 11.5 Å². The van der Waals surface area contributed by atoms with E-state index in [4.69, 9.17) is 0 Å². The van der Waals surface area contributed by atoms with Gasteiger partial charge < -0.3 is 5.32 Å². The Morgan fingerprint density at radius 1 is 1.08 bits per heavy atom. The van der Waals surface area contributed by atoms with Crippen molar-refractivity contribution in [3.05, 3.63) is 32.6 Å². The molecule has 25 heavy (non-hydrogen) atoms. The van der Waals surface area contributed by atoms with E-state index >= 15 is 0 Å². The molecule has 2 unspecified atom stereocenters. The van der Waals surface area contributed by atoms with Crippen molar-refractivity contribution in [1.82, 2.24) is 19.4 Å². The average Bonchev–Trinajstić information content (AvgIpc) is 2.81. The first-order chi connectivity index (χ1) is 11.7. The van der Waals surface area contributed by atoms with E-state index in [1.807, 2.05) is 13.8 Å². The van der Waals surface area contributed by atoms with Gasteiger partial charge in [0.15, 0.2) is 0 Å². The Morgan fingerprint density at radius 3 is 2.28 bits per heavy atom. The molecule has 1 N–H and O–H groups in total. The first-order valence-electron chi connectivity index (χ1n) is 8.60. The van der Waals surface area contributed by atoms with Gasteiger partial charge in [-0.25, -0.2) is 9.59 Å². The van der Waals surface area contributed by atoms with Crippen LogP contribution in [-0.2, 0) is 25.4 Å². The third-order valence-corrected chi connectivity index (χ3v) is 5.93. The van der Waals surface area contributed by atoms with Crippen LogP contribution in [0.3, 0.4) is 0 Å². The number of carbonyl (C=O) groups excluding carboxylic acids is 2. The number of amides is 3. The van der Waals surface area contributed by atoms with Gasteiger partial charge in [-0.15, -0.1) is 0 Å². The summed E-state index contributed by atoms with van der Waals surface area (Å²) in [4.78, 5) is 50.8. The number of hydrogen-bond acceptors (Lipinski definition) is 4. The Balaban J connectivity index is 1.98. The van der Waals surface area contributed by atoms with Gasteiger partial charge in [-0.1, -0.05) is 20.3 Å². The maximum absolute atomic E-state index is 13.1. The van der Waals surface area contributed by atoms with Crippen LogP contribution in [0.5, 0.6) is 0 Å². The zero-order valence-corrected chi connectivity index (χ0v) is 15.0. The molecule has 0 bridgehead atoms. The van der Waals surface area contributed by atoms with Crippen molar-refractivity contribution in [2.75, 3.05) is 0 Å². The fourth-order valence-corrected chi connectivity index (χ4v) is 4.19. The van der Waals surface area contributed by atoms with Crippen LogP contribution < -0.4 is 16.6 Å². The van der Waals surface area contributed by atoms with Gasteiger partial charge >= 0.3 is 11.7 Å². The number of nitrogens with one attached hydrogen (secondary N) is 1. The summed E-state index contributed by atoms with van der Waals surface area (Å²) < 4.78 is 2.28. The number of nitrogens with zero attached hydrogens (tertiary/aromatic N) is 3. The molecule has 2 atom stereocenters. The second-order valence-electron chi connectivity index (χ2n) is 7.30. The summed E-state index contributed by atoms with van der Waals surface area (Å²) in [7, 11) is 2.92. The molecule has 1 aliphatic heterocycles. The highest BCUT2D eigenvalue weighted by atomic mass is 16.2. The maximum atomic E-state index is 13.1. The first-order valence-corrected chi connectivity index (χ1v) is 8.60. The summed E-state index contributed by atoms with van der Waals surface area (Å²) in [6.07, 6.45) is 2.81. The SMILES string of the molecule is CC1CCCC(C)C12NC(=O)N(Cc1cc(=O)n(C)c(=O)n1C)C2=O. The van der Waals surface area contributed by atoms with Crippen LogP contribution in [0, 0.1) is 11.8 Å². The van der Waals surface area contributed by atoms with Crippen molar-refractivity contribution in [1.29, 1.82) is 0 Å². The van der Waals surface area contributed by atoms with Crippen molar-refractivity contribution in [2.24, 2.45) is 25.9 Å². The molecule has 1 aromatic heterocycles. The van der Waals surface area contributed by atoms with Crippen molar-refractivity contribution in [3.63, 3.8) is 0 Å². The van der Waals surface area contributed by atoms with Crippen LogP contribution in [0.15, 0.2) is 15.7 Å². The Bertz CT molecular complexity index is 843. The Kier molecular flexibility index (Phi) is 4.09. The molecular weight excluding hydrogens is 324 g/mol. The first kappa shape index (κ1) is 17.4. The second-order valence-corrected chi connectivity index (χ2v) is 7.30. The zero-order chi connectivity index (χ0) is 18.5. The van der Waals surface area contributed by atoms with Crippen molar-refractivity contribution in [2.45, 2.75) is 45.2 Å². The fraction of sp³-hybridized carbons (Fsp3) is 0.647. The summed E-state index contributed by atoms with van der Waals surface area (Å²) in [5.74, 6) is -0.166. The van der Waals surface area contributed by atoms with Crippen LogP contribution in [-0.4, -0.2) is 31.5 Å². The van der Waals surface area contributed by atoms with Gasteiger partial charge in [0.2, 0.25) is 0 Å². The predicted molar refractivity (Wildman–Crippen MR) is 90.9 cm³/mol. The van der Waals surface area contributed by atoms with Gasteiger partial charge in [-0.3, -0.25) is 23.6 Å². The van der Waals surface area contributed by atoms with Crippen LogP contribution in [0.2, 0.25) is 0 Å². The number of rotatable bonds is 2. The van der Waals surface area contributed by atoms with Gasteiger partial charge in [0, 0.05) is 25.9 Å². The van der Waals surface area contributed by atoms with E-state index < -0.39 is 22.8 Å². The standard InChI is InChI=1S/C17H24N4O4/c1-10-6-5-7-11(2)17(10)14(23)21(15(24)18-17)9-12-8-13(22)20(4)16(25)19(12)3/h8,10-11H,5-7,9H2,1-4H3,(H,18,24). The quantitative estimate of drug-likeness (QED) is 0.780. The summed E-state index contributed by atoms with van der Waals surface area (Å²) in [6, 6.07) is 0.833. The number of imide groups is 1. The molecule has 0 radical (unpaired) electrons. The highest BCUT2D eigenvalue weighted by Gasteiger charge is 2.58. The van der Waals surface area contributed by atoms with E-state index in [1.54, 1.807) is 0 Å². The molecule has 0 aromatic carbocycles. The molecule has 1 aromatic rings. The average molecular weight is 348 g/mol. The molecule has 1 saturated carbocycles. The largest absolute Gasteiger partial charge is 0.330 e. The molecule has 1 aliphatic carbocycles. The Labute approximate surface area is 145 Å². The molecule has 8 nitrogen and oxygen atoms in total. The van der Waals surface area contributed by atoms with Crippen LogP contribution in [0.4, 0.5) is 4.79 Å². The van der Waals surface area contributed by atoms with Gasteiger partial charge in [0.05, 0.1) is 6.54 Å². The van der Waals surface area contributed by atoms with Crippen molar-refractivity contribution < 1.29 is 9.59 Å². The number of carbonyl (C=O) groups is 2. The van der Waals surface area contributed by atoms with Gasteiger partial charge in [0.1, 0.15) is 5.54 Å². The Morgan fingerprint density at radius 2 is 1.68 bits per heavy atom. The summed E-state index contributed by atoms with van der Waals surface area (Å²) in [5.41, 5.74) is -1.48. The molecular formula is C17H24N4O4. The van der Waals surface area contributed by atoms with E-state index in [0.29, 0.717) is 5.69 Å². The summed E-state index contributed by atoms with van der Waals surface area (Å²) in [5, 5.41) is 2.92. The molecule has 8 heteroatoms. The lowest BCUT2D eigenvalue weighted by Crippen LogP contribution is -2.58. The fourth-order valence-electron chi connectivity index (χ4n) is 4.19. The molecule has 136 valence electrons. The smallest absolute Gasteiger partial charge is 0.323 e. The van der Waals surface area contributed by atoms with E-state index in [1.165, 1.54) is 24.7 Å². The topological polar surface area (TPSA) is 93.4 Å². The molecule has 3 amide bonds. The van der Waals surface area contributed by atoms with Crippen LogP contribution in [0.25, 0.3) is 0 Å². The minimum atomic E-state index is -0.881. The number of urea groups is 1. The predicted octanol–water partition coefficient (Wildman–Crippen LogP) is 0.331. The molecule has 3 rings (SSSR count). The van der Waals surface area contributed by atoms with E-state index in [2.05, 4.69) is 5.32 Å². The lowest BCUT2D eigenvalue weighted by Gasteiger charge is -2.42. The van der Waals surface area contributed by atoms with E-state index in [9.17, 15) is 19.2 Å². The monoisotopic (exact) mass is 348 g/mol. The maximum Gasteiger partial charge on any atom is 0.330 e. The molecule has 2 fully saturated rings. The van der Waals surface area contributed by atoms with Gasteiger partial charge in [-0.2, -0.15) is 0 Å². The van der Waals surface area contributed by atoms with E-state index in [0.717, 1.165) is 28.7 Å². The van der Waals surface area contributed by atoms with Crippen LogP contribution in [0.1, 0.15) is 38.8 Å². The molecule has 2 aliphatic rings. The molecule has 2 heterocycles. The number of aromatic nitrogens is 2.